The fraction of sp³-hybridized carbons (Fsp3) is 0.688. The van der Waals surface area contributed by atoms with Crippen molar-refractivity contribution in [2.24, 2.45) is 17.8 Å². The number of carbonyl (C=O) groups excluding carboxylic acids is 1. The van der Waals surface area contributed by atoms with Crippen molar-refractivity contribution in [2.45, 2.75) is 38.6 Å². The normalized spacial score (nSPS) is 37.7. The third-order valence-electron chi connectivity index (χ3n) is 5.08. The van der Waals surface area contributed by atoms with E-state index in [0.717, 1.165) is 19.4 Å². The van der Waals surface area contributed by atoms with Crippen LogP contribution in [0.1, 0.15) is 32.6 Å². The summed E-state index contributed by atoms with van der Waals surface area (Å²) in [5.74, 6) is 1.51. The highest BCUT2D eigenvalue weighted by Gasteiger charge is 2.42. The van der Waals surface area contributed by atoms with Crippen LogP contribution in [0.25, 0.3) is 0 Å². The molecule has 2 aliphatic carbocycles. The monoisotopic (exact) mass is 261 g/mol. The summed E-state index contributed by atoms with van der Waals surface area (Å²) in [4.78, 5) is 14.4. The summed E-state index contributed by atoms with van der Waals surface area (Å²) < 4.78 is 0. The molecule has 3 nitrogen and oxygen atoms in total. The molecule has 1 N–H and O–H groups in total. The van der Waals surface area contributed by atoms with Crippen LogP contribution in [0.4, 0.5) is 0 Å². The maximum absolute atomic E-state index is 12.0. The molecule has 0 aromatic carbocycles. The summed E-state index contributed by atoms with van der Waals surface area (Å²) in [6.45, 7) is 3.16. The number of aliphatic hydroxyl groups is 1. The van der Waals surface area contributed by atoms with Crippen LogP contribution in [0.5, 0.6) is 0 Å². The zero-order chi connectivity index (χ0) is 13.4. The average Bonchev–Trinajstić information content (AvgIpc) is 2.42. The molecule has 1 aliphatic heterocycles. The van der Waals surface area contributed by atoms with Crippen molar-refractivity contribution < 1.29 is 9.90 Å². The summed E-state index contributed by atoms with van der Waals surface area (Å²) in [5, 5.41) is 9.26. The molecule has 3 heteroatoms. The smallest absolute Gasteiger partial charge is 0.140 e. The number of ketones is 1. The number of hydrogen-bond donors (Lipinski definition) is 1. The van der Waals surface area contributed by atoms with Crippen molar-refractivity contribution in [1.29, 1.82) is 0 Å². The van der Waals surface area contributed by atoms with Gasteiger partial charge in [-0.25, -0.2) is 0 Å². The molecule has 0 aromatic heterocycles. The highest BCUT2D eigenvalue weighted by Crippen LogP contribution is 2.45. The van der Waals surface area contributed by atoms with E-state index in [9.17, 15) is 9.90 Å². The van der Waals surface area contributed by atoms with Gasteiger partial charge in [-0.2, -0.15) is 0 Å². The molecule has 1 fully saturated rings. The number of hydrogen-bond acceptors (Lipinski definition) is 3. The third kappa shape index (κ3) is 2.14. The molecule has 0 bridgehead atoms. The first-order chi connectivity index (χ1) is 9.22. The van der Waals surface area contributed by atoms with E-state index in [4.69, 9.17) is 0 Å². The van der Waals surface area contributed by atoms with E-state index in [-0.39, 0.29) is 12.5 Å². The summed E-state index contributed by atoms with van der Waals surface area (Å²) in [6.07, 6.45) is 10.4. The SMILES string of the molecule is CC1CC[C@@H]2C(=CCC3C(=O)CC=CC32)N1CCO. The number of aliphatic hydroxyl groups excluding tert-OH is 1. The highest BCUT2D eigenvalue weighted by molar-refractivity contribution is 5.84. The van der Waals surface area contributed by atoms with E-state index >= 15 is 0 Å². The molecule has 0 amide bonds. The van der Waals surface area contributed by atoms with Crippen molar-refractivity contribution >= 4 is 5.78 Å². The number of β-amino-alcohol motifs (C(OH)–C–C–N with tert-alkyl or cyclic N) is 1. The van der Waals surface area contributed by atoms with E-state index in [1.807, 2.05) is 0 Å². The second-order valence-corrected chi connectivity index (χ2v) is 6.10. The number of fused-ring (bicyclic) bond motifs is 3. The minimum atomic E-state index is 0.206. The fourth-order valence-corrected chi connectivity index (χ4v) is 4.10. The van der Waals surface area contributed by atoms with Crippen molar-refractivity contribution in [1.82, 2.24) is 4.90 Å². The maximum Gasteiger partial charge on any atom is 0.140 e. The lowest BCUT2D eigenvalue weighted by molar-refractivity contribution is -0.124. The van der Waals surface area contributed by atoms with Gasteiger partial charge in [0, 0.05) is 36.5 Å². The van der Waals surface area contributed by atoms with Crippen LogP contribution in [0.2, 0.25) is 0 Å². The van der Waals surface area contributed by atoms with Crippen molar-refractivity contribution in [2.75, 3.05) is 13.2 Å². The zero-order valence-corrected chi connectivity index (χ0v) is 11.6. The minimum absolute atomic E-state index is 0.206. The molecular formula is C16H23NO2. The molecule has 0 saturated carbocycles. The van der Waals surface area contributed by atoms with Gasteiger partial charge >= 0.3 is 0 Å². The van der Waals surface area contributed by atoms with Gasteiger partial charge < -0.3 is 10.0 Å². The predicted octanol–water partition coefficient (Wildman–Crippen LogP) is 2.13. The fourth-order valence-electron chi connectivity index (χ4n) is 4.10. The Labute approximate surface area is 115 Å². The quantitative estimate of drug-likeness (QED) is 0.774. The van der Waals surface area contributed by atoms with E-state index in [2.05, 4.69) is 30.1 Å². The van der Waals surface area contributed by atoms with Gasteiger partial charge in [-0.3, -0.25) is 4.79 Å². The Bertz CT molecular complexity index is 426. The van der Waals surface area contributed by atoms with Crippen molar-refractivity contribution in [3.05, 3.63) is 23.9 Å². The van der Waals surface area contributed by atoms with Gasteiger partial charge in [0.15, 0.2) is 0 Å². The van der Waals surface area contributed by atoms with Crippen LogP contribution in [0.15, 0.2) is 23.9 Å². The summed E-state index contributed by atoms with van der Waals surface area (Å²) >= 11 is 0. The van der Waals surface area contributed by atoms with Crippen LogP contribution in [0.3, 0.4) is 0 Å². The molecule has 0 radical (unpaired) electrons. The van der Waals surface area contributed by atoms with E-state index < -0.39 is 0 Å². The van der Waals surface area contributed by atoms with E-state index in [1.54, 1.807) is 0 Å². The lowest BCUT2D eigenvalue weighted by Gasteiger charge is -2.48. The van der Waals surface area contributed by atoms with Crippen LogP contribution >= 0.6 is 0 Å². The molecule has 3 aliphatic rings. The largest absolute Gasteiger partial charge is 0.395 e. The Hall–Kier alpha value is -1.09. The Kier molecular flexibility index (Phi) is 3.48. The van der Waals surface area contributed by atoms with Crippen LogP contribution in [-0.4, -0.2) is 35.0 Å². The second kappa shape index (κ2) is 5.12. The first-order valence-electron chi connectivity index (χ1n) is 7.49. The Morgan fingerprint density at radius 3 is 3.00 bits per heavy atom. The van der Waals surface area contributed by atoms with Gasteiger partial charge in [0.1, 0.15) is 5.78 Å². The number of nitrogens with zero attached hydrogens (tertiary/aromatic N) is 1. The van der Waals surface area contributed by atoms with E-state index in [0.29, 0.717) is 30.1 Å². The Morgan fingerprint density at radius 2 is 2.21 bits per heavy atom. The molecule has 0 aromatic rings. The van der Waals surface area contributed by atoms with Crippen LogP contribution in [0, 0.1) is 17.8 Å². The second-order valence-electron chi connectivity index (χ2n) is 6.10. The number of carbonyl (C=O) groups is 1. The molecule has 3 rings (SSSR count). The van der Waals surface area contributed by atoms with Gasteiger partial charge in [0.05, 0.1) is 6.61 Å². The molecular weight excluding hydrogens is 238 g/mol. The first-order valence-corrected chi connectivity index (χ1v) is 7.49. The zero-order valence-electron chi connectivity index (χ0n) is 11.6. The van der Waals surface area contributed by atoms with Gasteiger partial charge in [0.2, 0.25) is 0 Å². The standard InChI is InChI=1S/C16H23NO2/c1-11-5-6-13-12-3-2-4-16(19)14(12)7-8-15(13)17(11)9-10-18/h2-3,8,11-14,18H,4-7,9-10H2,1H3/t11?,12?,13-,14?/m0/s1. The lowest BCUT2D eigenvalue weighted by atomic mass is 9.66. The van der Waals surface area contributed by atoms with Crippen molar-refractivity contribution in [3.8, 4) is 0 Å². The number of likely N-dealkylation sites (tertiary alicyclic amines) is 1. The van der Waals surface area contributed by atoms with Gasteiger partial charge in [-0.15, -0.1) is 0 Å². The summed E-state index contributed by atoms with van der Waals surface area (Å²) in [6, 6.07) is 0.509. The van der Waals surface area contributed by atoms with Crippen LogP contribution in [-0.2, 0) is 4.79 Å². The topological polar surface area (TPSA) is 40.5 Å². The van der Waals surface area contributed by atoms with Gasteiger partial charge in [-0.05, 0) is 32.1 Å². The molecule has 4 atom stereocenters. The Balaban J connectivity index is 1.89. The summed E-state index contributed by atoms with van der Waals surface area (Å²) in [7, 11) is 0. The third-order valence-corrected chi connectivity index (χ3v) is 5.08. The first kappa shape index (κ1) is 12.9. The lowest BCUT2D eigenvalue weighted by Crippen LogP contribution is -2.47. The molecule has 0 spiro atoms. The maximum atomic E-state index is 12.0. The number of Topliss-reactive ketones (excluding diaryl/α,β-unsaturated/α-hetero) is 1. The Morgan fingerprint density at radius 1 is 1.37 bits per heavy atom. The highest BCUT2D eigenvalue weighted by atomic mass is 16.3. The average molecular weight is 261 g/mol. The van der Waals surface area contributed by atoms with Crippen LogP contribution < -0.4 is 0 Å². The summed E-state index contributed by atoms with van der Waals surface area (Å²) in [5.41, 5.74) is 1.38. The molecule has 19 heavy (non-hydrogen) atoms. The minimum Gasteiger partial charge on any atom is -0.395 e. The molecule has 1 heterocycles. The van der Waals surface area contributed by atoms with E-state index in [1.165, 1.54) is 12.1 Å². The predicted molar refractivity (Wildman–Crippen MR) is 74.4 cm³/mol. The molecule has 104 valence electrons. The number of allylic oxidation sites excluding steroid dienone is 4. The number of piperidine rings is 1. The van der Waals surface area contributed by atoms with Crippen molar-refractivity contribution in [3.63, 3.8) is 0 Å². The molecule has 1 saturated heterocycles. The molecule has 3 unspecified atom stereocenters. The van der Waals surface area contributed by atoms with Gasteiger partial charge in [-0.1, -0.05) is 18.2 Å². The van der Waals surface area contributed by atoms with Gasteiger partial charge in [0.25, 0.3) is 0 Å². The number of rotatable bonds is 2.